The van der Waals surface area contributed by atoms with Crippen molar-refractivity contribution in [3.8, 4) is 0 Å². The predicted molar refractivity (Wildman–Crippen MR) is 296 cm³/mol. The summed E-state index contributed by atoms with van der Waals surface area (Å²) in [6.45, 7) is 2.60. The number of alkyl halides is 3. The van der Waals surface area contributed by atoms with E-state index < -0.39 is 132 Å². The Morgan fingerprint density at radius 1 is 0.659 bits per heavy atom. The minimum absolute atomic E-state index is 0.00945. The Labute approximate surface area is 477 Å². The van der Waals surface area contributed by atoms with Gasteiger partial charge in [-0.3, -0.25) is 47.9 Å². The van der Waals surface area contributed by atoms with Crippen molar-refractivity contribution in [2.45, 2.75) is 139 Å². The fraction of sp³-hybridized carbons (Fsp3) is 0.509. The number of rotatable bonds is 12. The van der Waals surface area contributed by atoms with Gasteiger partial charge in [0.05, 0.1) is 11.7 Å². The van der Waals surface area contributed by atoms with Crippen LogP contribution in [0.5, 0.6) is 0 Å². The number of hydrogen-bond acceptors (Lipinski definition) is 12. The third-order valence-corrected chi connectivity index (χ3v) is 16.3. The number of unbranched alkanes of at least 4 members (excludes halogenated alkanes) is 1. The molecule has 0 unspecified atom stereocenters. The summed E-state index contributed by atoms with van der Waals surface area (Å²) in [6.07, 6.45) is -5.19. The highest BCUT2D eigenvalue weighted by atomic mass is 32.2. The molecule has 3 aromatic carbocycles. The third kappa shape index (κ3) is 15.9. The van der Waals surface area contributed by atoms with E-state index in [-0.39, 0.29) is 87.6 Å². The maximum atomic E-state index is 15.3. The molecule has 442 valence electrons. The van der Waals surface area contributed by atoms with Gasteiger partial charge in [0, 0.05) is 50.2 Å². The van der Waals surface area contributed by atoms with Gasteiger partial charge in [-0.15, -0.1) is 11.8 Å². The molecule has 7 rings (SSSR count). The van der Waals surface area contributed by atoms with E-state index in [1.165, 1.54) is 29.2 Å². The lowest BCUT2D eigenvalue weighted by molar-refractivity contribution is -0.171. The van der Waals surface area contributed by atoms with Crippen molar-refractivity contribution in [1.82, 2.24) is 41.3 Å². The number of carbonyl (C=O) groups excluding carboxylic acids is 10. The molecule has 3 aromatic rings. The fourth-order valence-electron chi connectivity index (χ4n) is 11.0. The Bertz CT molecular complexity index is 2850. The number of thioether (sulfide) groups is 1. The second-order valence-corrected chi connectivity index (χ2v) is 22.8. The standard InChI is InChI=1S/C57H72F3N11O10S/c1-32(2)23-40-50(75)65-39(15-8-9-21-61)54(79)71-29-38(57(58,59)60)27-46(71)56(81)70-28-37-14-7-6-13-36(37)26-45(70)53(78)67-41(24-34-17-19-35(20-18-34)48(62)73)51(76)68-43(49(63)74)30-82-31-47(72)64-42(25-33-11-4-3-5-12-33)55(80)69-22-10-16-44(69)52(77)66-40/h3-7,11-14,17-20,32,38-46H,8-10,15-16,21-31,61H2,1-2H3,(H2,62,73)(H2,63,74)(H,64,72)(H,65,75)(H,66,77)(H,67,78)(H,68,76)/t38-,39-,40-,41-,42-,43-,44-,45-,46-/m0/s1. The molecule has 21 nitrogen and oxygen atoms in total. The van der Waals surface area contributed by atoms with Crippen LogP contribution in [0.25, 0.3) is 0 Å². The van der Waals surface area contributed by atoms with Crippen LogP contribution in [0.4, 0.5) is 13.2 Å². The minimum atomic E-state index is -4.90. The molecule has 10 amide bonds. The summed E-state index contributed by atoms with van der Waals surface area (Å²) < 4.78 is 44.8. The monoisotopic (exact) mass is 1160 g/mol. The normalized spacial score (nSPS) is 25.8. The summed E-state index contributed by atoms with van der Waals surface area (Å²) >= 11 is 0.898. The van der Waals surface area contributed by atoms with E-state index in [4.69, 9.17) is 17.2 Å². The van der Waals surface area contributed by atoms with Crippen LogP contribution in [0.3, 0.4) is 0 Å². The molecule has 25 heteroatoms. The number of nitrogens with zero attached hydrogens (tertiary/aromatic N) is 3. The number of fused-ring (bicyclic) bond motifs is 4. The summed E-state index contributed by atoms with van der Waals surface area (Å²) in [6, 6.07) is 9.88. The molecule has 4 aliphatic rings. The van der Waals surface area contributed by atoms with Crippen molar-refractivity contribution in [3.63, 3.8) is 0 Å². The average molecular weight is 1160 g/mol. The molecule has 82 heavy (non-hydrogen) atoms. The van der Waals surface area contributed by atoms with Gasteiger partial charge >= 0.3 is 6.18 Å². The summed E-state index contributed by atoms with van der Waals surface area (Å²) in [4.78, 5) is 145. The van der Waals surface area contributed by atoms with Gasteiger partial charge in [0.1, 0.15) is 48.3 Å². The van der Waals surface area contributed by atoms with Crippen LogP contribution in [0.1, 0.15) is 91.4 Å². The molecule has 0 spiro atoms. The molecule has 0 bridgehead atoms. The maximum absolute atomic E-state index is 15.3. The number of hydrogen-bond donors (Lipinski definition) is 8. The molecule has 4 heterocycles. The topological polar surface area (TPSA) is 319 Å². The van der Waals surface area contributed by atoms with Crippen molar-refractivity contribution in [3.05, 3.63) is 107 Å². The van der Waals surface area contributed by atoms with Crippen LogP contribution >= 0.6 is 11.8 Å². The molecule has 4 aliphatic heterocycles. The summed E-state index contributed by atoms with van der Waals surface area (Å²) in [5, 5.41) is 13.5. The smallest absolute Gasteiger partial charge is 0.368 e. The van der Waals surface area contributed by atoms with Crippen molar-refractivity contribution in [2.24, 2.45) is 29.0 Å². The number of primary amides is 2. The van der Waals surface area contributed by atoms with Crippen LogP contribution in [0.15, 0.2) is 78.9 Å². The maximum Gasteiger partial charge on any atom is 0.393 e. The largest absolute Gasteiger partial charge is 0.393 e. The van der Waals surface area contributed by atoms with Gasteiger partial charge in [-0.2, -0.15) is 13.2 Å². The number of amides is 10. The van der Waals surface area contributed by atoms with E-state index in [9.17, 15) is 51.5 Å². The first kappa shape index (κ1) is 62.1. The zero-order chi connectivity index (χ0) is 59.4. The molecule has 0 radical (unpaired) electrons. The van der Waals surface area contributed by atoms with Gasteiger partial charge in [0.15, 0.2) is 0 Å². The Morgan fingerprint density at radius 3 is 1.93 bits per heavy atom. The molecule has 0 aromatic heterocycles. The summed E-state index contributed by atoms with van der Waals surface area (Å²) in [5.41, 5.74) is 19.5. The van der Waals surface area contributed by atoms with Crippen molar-refractivity contribution < 1.29 is 61.1 Å². The zero-order valence-corrected chi connectivity index (χ0v) is 46.6. The van der Waals surface area contributed by atoms with Crippen LogP contribution in [0.2, 0.25) is 0 Å². The molecular weight excluding hydrogens is 1090 g/mol. The molecule has 11 N–H and O–H groups in total. The van der Waals surface area contributed by atoms with Gasteiger partial charge in [0.25, 0.3) is 0 Å². The first-order valence-corrected chi connectivity index (χ1v) is 28.7. The first-order chi connectivity index (χ1) is 39.0. The van der Waals surface area contributed by atoms with Gasteiger partial charge < -0.3 is 58.5 Å². The van der Waals surface area contributed by atoms with E-state index in [1.807, 2.05) is 0 Å². The first-order valence-electron chi connectivity index (χ1n) is 27.6. The highest BCUT2D eigenvalue weighted by Crippen LogP contribution is 2.39. The van der Waals surface area contributed by atoms with Gasteiger partial charge in [-0.05, 0) is 91.8 Å². The lowest BCUT2D eigenvalue weighted by Gasteiger charge is -2.39. The van der Waals surface area contributed by atoms with E-state index in [1.54, 1.807) is 68.4 Å². The fourth-order valence-corrected chi connectivity index (χ4v) is 11.8. The number of nitrogens with one attached hydrogen (secondary N) is 5. The molecule has 9 atom stereocenters. The van der Waals surface area contributed by atoms with Crippen LogP contribution in [-0.4, -0.2) is 159 Å². The lowest BCUT2D eigenvalue weighted by atomic mass is 9.91. The second kappa shape index (κ2) is 28.0. The Kier molecular flexibility index (Phi) is 21.2. The van der Waals surface area contributed by atoms with Crippen LogP contribution in [0, 0.1) is 11.8 Å². The van der Waals surface area contributed by atoms with Crippen molar-refractivity contribution in [1.29, 1.82) is 0 Å². The van der Waals surface area contributed by atoms with Crippen molar-refractivity contribution in [2.75, 3.05) is 31.1 Å². The van der Waals surface area contributed by atoms with Crippen LogP contribution < -0.4 is 43.8 Å². The zero-order valence-electron chi connectivity index (χ0n) is 45.8. The van der Waals surface area contributed by atoms with Gasteiger partial charge in [-0.1, -0.05) is 80.6 Å². The third-order valence-electron chi connectivity index (χ3n) is 15.3. The average Bonchev–Trinajstić information content (AvgIpc) is 4.23. The Hall–Kier alpha value is -7.54. The Balaban J connectivity index is 1.30. The van der Waals surface area contributed by atoms with E-state index >= 15 is 9.59 Å². The van der Waals surface area contributed by atoms with E-state index in [2.05, 4.69) is 26.6 Å². The van der Waals surface area contributed by atoms with Gasteiger partial charge in [-0.25, -0.2) is 0 Å². The minimum Gasteiger partial charge on any atom is -0.368 e. The summed E-state index contributed by atoms with van der Waals surface area (Å²) in [7, 11) is 0. The SMILES string of the molecule is CC(C)C[C@@H]1NC(=O)[C@@H]2CCCN2C(=O)[C@H](Cc2ccccc2)NC(=O)CSC[C@@H](C(N)=O)NC(=O)[C@H](Cc2ccc(C(N)=O)cc2)NC(=O)[C@@H]2Cc3ccccc3CN2C(=O)[C@@H]2C[C@H](C(F)(F)F)CN2C(=O)[C@H](CCCCN)NC1=O. The number of halogens is 3. The predicted octanol–water partition coefficient (Wildman–Crippen LogP) is 1.13. The molecule has 0 saturated carbocycles. The molecule has 0 aliphatic carbocycles. The number of nitrogens with two attached hydrogens (primary N) is 3. The van der Waals surface area contributed by atoms with E-state index in [0.29, 0.717) is 35.1 Å². The molecule has 3 fully saturated rings. The number of benzene rings is 3. The highest BCUT2D eigenvalue weighted by molar-refractivity contribution is 8.00. The molecular formula is C57H72F3N11O10S. The quantitative estimate of drug-likeness (QED) is 0.118. The Morgan fingerprint density at radius 2 is 1.27 bits per heavy atom. The molecule has 3 saturated heterocycles. The number of carbonyl (C=O) groups is 10. The van der Waals surface area contributed by atoms with E-state index in [0.717, 1.165) is 21.6 Å². The van der Waals surface area contributed by atoms with Gasteiger partial charge in [0.2, 0.25) is 59.1 Å². The second-order valence-electron chi connectivity index (χ2n) is 21.8. The van der Waals surface area contributed by atoms with Crippen LogP contribution in [-0.2, 0) is 69.0 Å². The highest BCUT2D eigenvalue weighted by Gasteiger charge is 2.54. The van der Waals surface area contributed by atoms with Crippen molar-refractivity contribution >= 4 is 70.8 Å². The summed E-state index contributed by atoms with van der Waals surface area (Å²) in [5.74, 6) is -11.5. The lowest BCUT2D eigenvalue weighted by Crippen LogP contribution is -2.61.